The molecule has 0 unspecified atom stereocenters. The van der Waals surface area contributed by atoms with Crippen LogP contribution in [-0.4, -0.2) is 65.0 Å². The summed E-state index contributed by atoms with van der Waals surface area (Å²) < 4.78 is 0. The van der Waals surface area contributed by atoms with Crippen molar-refractivity contribution in [3.8, 4) is 0 Å². The summed E-state index contributed by atoms with van der Waals surface area (Å²) in [6.07, 6.45) is -0.127. The van der Waals surface area contributed by atoms with Gasteiger partial charge in [-0.15, -0.1) is 0 Å². The Bertz CT molecular complexity index is 363. The topological polar surface area (TPSA) is 90.0 Å². The second-order valence-electron chi connectivity index (χ2n) is 5.56. The van der Waals surface area contributed by atoms with Gasteiger partial charge >= 0.3 is 12.0 Å². The number of carboxylic acid groups (broad SMARTS) is 1. The zero-order chi connectivity index (χ0) is 15.9. The molecule has 0 aliphatic rings. The highest BCUT2D eigenvalue weighted by molar-refractivity contribution is 5.84. The largest absolute Gasteiger partial charge is 0.481 e. The van der Waals surface area contributed by atoms with Crippen LogP contribution in [0.5, 0.6) is 0 Å². The van der Waals surface area contributed by atoms with E-state index in [0.29, 0.717) is 6.54 Å². The van der Waals surface area contributed by atoms with E-state index >= 15 is 0 Å². The number of urea groups is 1. The van der Waals surface area contributed by atoms with Gasteiger partial charge in [0, 0.05) is 25.7 Å². The molecule has 0 aromatic heterocycles. The quantitative estimate of drug-likeness (QED) is 0.754. The Hall–Kier alpha value is -1.79. The van der Waals surface area contributed by atoms with Crippen molar-refractivity contribution in [1.82, 2.24) is 15.1 Å². The molecule has 0 fully saturated rings. The van der Waals surface area contributed by atoms with Crippen LogP contribution in [0.1, 0.15) is 34.1 Å². The summed E-state index contributed by atoms with van der Waals surface area (Å²) in [5, 5.41) is 11.4. The van der Waals surface area contributed by atoms with Crippen molar-refractivity contribution in [2.45, 2.75) is 39.7 Å². The van der Waals surface area contributed by atoms with E-state index in [0.717, 1.165) is 0 Å². The first-order chi connectivity index (χ1) is 9.09. The monoisotopic (exact) mass is 287 g/mol. The molecule has 0 aliphatic carbocycles. The third kappa shape index (κ3) is 6.40. The van der Waals surface area contributed by atoms with Crippen LogP contribution in [0.3, 0.4) is 0 Å². The molecule has 0 saturated carbocycles. The van der Waals surface area contributed by atoms with Crippen LogP contribution in [0, 0.1) is 0 Å². The summed E-state index contributed by atoms with van der Waals surface area (Å²) >= 11 is 0. The van der Waals surface area contributed by atoms with E-state index in [1.54, 1.807) is 6.92 Å². The van der Waals surface area contributed by atoms with Crippen LogP contribution in [-0.2, 0) is 9.59 Å². The Morgan fingerprint density at radius 3 is 2.15 bits per heavy atom. The predicted octanol–water partition coefficient (Wildman–Crippen LogP) is 0.750. The highest BCUT2D eigenvalue weighted by Crippen LogP contribution is 2.15. The standard InChI is InChI=1S/C13H25N3O4/c1-6-14-10(17)9-15(5)12(20)16(13(2,3)4)8-7-11(18)19/h6-9H2,1-5H3,(H,14,17)(H,18,19). The van der Waals surface area contributed by atoms with E-state index in [4.69, 9.17) is 5.11 Å². The zero-order valence-corrected chi connectivity index (χ0v) is 12.9. The highest BCUT2D eigenvalue weighted by atomic mass is 16.4. The third-order valence-electron chi connectivity index (χ3n) is 2.67. The molecule has 3 amide bonds. The van der Waals surface area contributed by atoms with E-state index in [2.05, 4.69) is 5.32 Å². The fourth-order valence-corrected chi connectivity index (χ4v) is 1.67. The van der Waals surface area contributed by atoms with Gasteiger partial charge in [-0.3, -0.25) is 9.59 Å². The molecule has 0 aliphatic heterocycles. The SMILES string of the molecule is CCNC(=O)CN(C)C(=O)N(CCC(=O)O)C(C)(C)C. The smallest absolute Gasteiger partial charge is 0.320 e. The van der Waals surface area contributed by atoms with Crippen LogP contribution in [0.25, 0.3) is 0 Å². The van der Waals surface area contributed by atoms with Crippen molar-refractivity contribution in [3.63, 3.8) is 0 Å². The number of aliphatic carboxylic acids is 1. The van der Waals surface area contributed by atoms with Gasteiger partial charge < -0.3 is 20.2 Å². The van der Waals surface area contributed by atoms with E-state index < -0.39 is 11.5 Å². The lowest BCUT2D eigenvalue weighted by molar-refractivity contribution is -0.137. The van der Waals surface area contributed by atoms with Crippen molar-refractivity contribution >= 4 is 17.9 Å². The minimum Gasteiger partial charge on any atom is -0.481 e. The van der Waals surface area contributed by atoms with Crippen molar-refractivity contribution in [3.05, 3.63) is 0 Å². The summed E-state index contributed by atoms with van der Waals surface area (Å²) in [7, 11) is 1.52. The van der Waals surface area contributed by atoms with Crippen molar-refractivity contribution in [2.75, 3.05) is 26.7 Å². The molecule has 0 rings (SSSR count). The number of carbonyl (C=O) groups is 3. The summed E-state index contributed by atoms with van der Waals surface area (Å²) in [5.41, 5.74) is -0.512. The Kier molecular flexibility index (Phi) is 7.02. The lowest BCUT2D eigenvalue weighted by atomic mass is 10.1. The Morgan fingerprint density at radius 1 is 1.20 bits per heavy atom. The Labute approximate surface area is 119 Å². The second-order valence-corrected chi connectivity index (χ2v) is 5.56. The maximum Gasteiger partial charge on any atom is 0.320 e. The first-order valence-electron chi connectivity index (χ1n) is 6.60. The van der Waals surface area contributed by atoms with Gasteiger partial charge in [0.05, 0.1) is 6.42 Å². The molecule has 20 heavy (non-hydrogen) atoms. The van der Waals surface area contributed by atoms with Crippen molar-refractivity contribution < 1.29 is 19.5 Å². The van der Waals surface area contributed by atoms with E-state index in [1.807, 2.05) is 20.8 Å². The minimum atomic E-state index is -0.960. The number of hydrogen-bond acceptors (Lipinski definition) is 3. The zero-order valence-electron chi connectivity index (χ0n) is 12.9. The number of nitrogens with one attached hydrogen (secondary N) is 1. The summed E-state index contributed by atoms with van der Waals surface area (Å²) in [5.74, 6) is -1.20. The number of rotatable bonds is 6. The molecule has 0 aromatic rings. The number of hydrogen-bond donors (Lipinski definition) is 2. The maximum atomic E-state index is 12.3. The molecule has 0 aromatic carbocycles. The van der Waals surface area contributed by atoms with E-state index in [1.165, 1.54) is 16.8 Å². The molecule has 7 heteroatoms. The van der Waals surface area contributed by atoms with Gasteiger partial charge in [-0.2, -0.15) is 0 Å². The number of amides is 3. The molecular weight excluding hydrogens is 262 g/mol. The van der Waals surface area contributed by atoms with Gasteiger partial charge in [-0.05, 0) is 27.7 Å². The molecular formula is C13H25N3O4. The van der Waals surface area contributed by atoms with Crippen LogP contribution in [0.15, 0.2) is 0 Å². The molecule has 116 valence electrons. The number of likely N-dealkylation sites (N-methyl/N-ethyl adjacent to an activating group) is 2. The summed E-state index contributed by atoms with van der Waals surface area (Å²) in [6.45, 7) is 7.84. The second kappa shape index (κ2) is 7.72. The van der Waals surface area contributed by atoms with Crippen molar-refractivity contribution in [2.24, 2.45) is 0 Å². The average Bonchev–Trinajstić information content (AvgIpc) is 2.26. The van der Waals surface area contributed by atoms with E-state index in [-0.39, 0.29) is 31.4 Å². The fourth-order valence-electron chi connectivity index (χ4n) is 1.67. The fraction of sp³-hybridized carbons (Fsp3) is 0.769. The normalized spacial score (nSPS) is 10.8. The molecule has 0 bridgehead atoms. The molecule has 0 atom stereocenters. The van der Waals surface area contributed by atoms with Crippen LogP contribution in [0.4, 0.5) is 4.79 Å². The predicted molar refractivity (Wildman–Crippen MR) is 75.4 cm³/mol. The molecule has 0 saturated heterocycles. The molecule has 2 N–H and O–H groups in total. The van der Waals surface area contributed by atoms with Crippen LogP contribution >= 0.6 is 0 Å². The first-order valence-corrected chi connectivity index (χ1v) is 6.60. The lowest BCUT2D eigenvalue weighted by Gasteiger charge is -2.37. The van der Waals surface area contributed by atoms with Gasteiger partial charge in [-0.25, -0.2) is 4.79 Å². The highest BCUT2D eigenvalue weighted by Gasteiger charge is 2.29. The maximum absolute atomic E-state index is 12.3. The molecule has 7 nitrogen and oxygen atoms in total. The third-order valence-corrected chi connectivity index (χ3v) is 2.67. The van der Waals surface area contributed by atoms with Crippen LogP contribution < -0.4 is 5.32 Å². The molecule has 0 spiro atoms. The average molecular weight is 287 g/mol. The van der Waals surface area contributed by atoms with Crippen LogP contribution in [0.2, 0.25) is 0 Å². The molecule has 0 heterocycles. The Morgan fingerprint density at radius 2 is 1.75 bits per heavy atom. The number of nitrogens with zero attached hydrogens (tertiary/aromatic N) is 2. The Balaban J connectivity index is 4.77. The van der Waals surface area contributed by atoms with Gasteiger partial charge in [0.25, 0.3) is 0 Å². The van der Waals surface area contributed by atoms with Gasteiger partial charge in [-0.1, -0.05) is 0 Å². The summed E-state index contributed by atoms with van der Waals surface area (Å²) in [4.78, 5) is 37.2. The van der Waals surface area contributed by atoms with Gasteiger partial charge in [0.2, 0.25) is 5.91 Å². The van der Waals surface area contributed by atoms with Gasteiger partial charge in [0.1, 0.15) is 6.54 Å². The minimum absolute atomic E-state index is 0.0493. The number of carboxylic acids is 1. The summed E-state index contributed by atoms with van der Waals surface area (Å²) in [6, 6.07) is -0.356. The van der Waals surface area contributed by atoms with Gasteiger partial charge in [0.15, 0.2) is 0 Å². The van der Waals surface area contributed by atoms with Crippen molar-refractivity contribution in [1.29, 1.82) is 0 Å². The number of carbonyl (C=O) groups excluding carboxylic acids is 2. The lowest BCUT2D eigenvalue weighted by Crippen LogP contribution is -2.53. The van der Waals surface area contributed by atoms with E-state index in [9.17, 15) is 14.4 Å². The molecule has 0 radical (unpaired) electrons. The first kappa shape index (κ1) is 18.2.